The predicted octanol–water partition coefficient (Wildman–Crippen LogP) is 13.5. The third kappa shape index (κ3) is 4.67. The van der Waals surface area contributed by atoms with Gasteiger partial charge in [0.05, 0.1) is 28.1 Å². The van der Waals surface area contributed by atoms with Crippen LogP contribution < -0.4 is 4.90 Å². The number of benzene rings is 8. The Morgan fingerprint density at radius 2 is 0.843 bits per heavy atom. The van der Waals surface area contributed by atoms with Crippen LogP contribution in [0, 0.1) is 0 Å². The minimum atomic E-state index is 0.893. The highest BCUT2D eigenvalue weighted by molar-refractivity contribution is 6.12. The SMILES string of the molecule is c1ccc(N(c2ccccc2-c2ccccc2-n2c3ccccc3c3ccccc32)c2ccccc2-c2cccc3c2oc2ccccc23)cc1. The van der Waals surface area contributed by atoms with Crippen molar-refractivity contribution in [1.82, 2.24) is 4.57 Å². The minimum Gasteiger partial charge on any atom is -0.455 e. The molecule has 51 heavy (non-hydrogen) atoms. The van der Waals surface area contributed by atoms with Crippen LogP contribution in [0.25, 0.3) is 71.7 Å². The average Bonchev–Trinajstić information content (AvgIpc) is 3.75. The highest BCUT2D eigenvalue weighted by atomic mass is 16.3. The van der Waals surface area contributed by atoms with E-state index in [-0.39, 0.29) is 0 Å². The normalized spacial score (nSPS) is 11.5. The molecule has 0 N–H and O–H groups in total. The zero-order valence-corrected chi connectivity index (χ0v) is 27.8. The lowest BCUT2D eigenvalue weighted by Gasteiger charge is -2.30. The van der Waals surface area contributed by atoms with Crippen molar-refractivity contribution in [3.05, 3.63) is 194 Å². The van der Waals surface area contributed by atoms with E-state index in [0.29, 0.717) is 0 Å². The Morgan fingerprint density at radius 3 is 1.55 bits per heavy atom. The lowest BCUT2D eigenvalue weighted by Crippen LogP contribution is -2.12. The molecule has 0 saturated carbocycles. The number of aromatic nitrogens is 1. The summed E-state index contributed by atoms with van der Waals surface area (Å²) in [5, 5.41) is 4.73. The highest BCUT2D eigenvalue weighted by Gasteiger charge is 2.24. The van der Waals surface area contributed by atoms with Gasteiger partial charge < -0.3 is 13.9 Å². The van der Waals surface area contributed by atoms with Crippen molar-refractivity contribution in [2.24, 2.45) is 0 Å². The smallest absolute Gasteiger partial charge is 0.143 e. The summed E-state index contributed by atoms with van der Waals surface area (Å²) in [6.07, 6.45) is 0. The number of para-hydroxylation sites is 8. The fourth-order valence-electron chi connectivity index (χ4n) is 7.82. The van der Waals surface area contributed by atoms with E-state index in [1.165, 1.54) is 21.8 Å². The van der Waals surface area contributed by atoms with Gasteiger partial charge in [0.15, 0.2) is 0 Å². The van der Waals surface area contributed by atoms with Gasteiger partial charge in [0, 0.05) is 49.5 Å². The van der Waals surface area contributed by atoms with Crippen molar-refractivity contribution in [3.63, 3.8) is 0 Å². The minimum absolute atomic E-state index is 0.893. The zero-order chi connectivity index (χ0) is 33.7. The summed E-state index contributed by atoms with van der Waals surface area (Å²) in [6, 6.07) is 69.1. The summed E-state index contributed by atoms with van der Waals surface area (Å²) in [5.74, 6) is 0. The van der Waals surface area contributed by atoms with Gasteiger partial charge in [-0.1, -0.05) is 146 Å². The molecule has 0 fully saturated rings. The van der Waals surface area contributed by atoms with Gasteiger partial charge in [-0.25, -0.2) is 0 Å². The van der Waals surface area contributed by atoms with E-state index in [1.807, 2.05) is 12.1 Å². The largest absolute Gasteiger partial charge is 0.455 e. The van der Waals surface area contributed by atoms with Crippen molar-refractivity contribution < 1.29 is 4.42 Å². The first-order valence-electron chi connectivity index (χ1n) is 17.4. The lowest BCUT2D eigenvalue weighted by molar-refractivity contribution is 0.670. The Kier molecular flexibility index (Phi) is 6.81. The van der Waals surface area contributed by atoms with Gasteiger partial charge in [-0.3, -0.25) is 0 Å². The second kappa shape index (κ2) is 11.9. The standard InChI is InChI=1S/C48H32N2O/c1-2-17-33(18-3-1)49(43-28-11-8-23-38(43)40-25-16-26-41-39-24-9-15-32-47(39)51-48(40)41)42-27-10-4-19-34(42)35-20-5-12-29-44(35)50-45-30-13-6-21-36(45)37-22-7-14-31-46(37)50/h1-32H. The monoisotopic (exact) mass is 652 g/mol. The zero-order valence-electron chi connectivity index (χ0n) is 27.8. The van der Waals surface area contributed by atoms with E-state index in [9.17, 15) is 0 Å². The maximum absolute atomic E-state index is 6.58. The second-order valence-electron chi connectivity index (χ2n) is 12.9. The van der Waals surface area contributed by atoms with Crippen molar-refractivity contribution in [2.75, 3.05) is 4.90 Å². The second-order valence-corrected chi connectivity index (χ2v) is 12.9. The predicted molar refractivity (Wildman–Crippen MR) is 214 cm³/mol. The first kappa shape index (κ1) is 29.1. The molecule has 240 valence electrons. The molecule has 10 aromatic rings. The molecule has 10 rings (SSSR count). The third-order valence-corrected chi connectivity index (χ3v) is 10.0. The van der Waals surface area contributed by atoms with Gasteiger partial charge in [0.2, 0.25) is 0 Å². The van der Waals surface area contributed by atoms with Gasteiger partial charge >= 0.3 is 0 Å². The summed E-state index contributed by atoms with van der Waals surface area (Å²) in [6.45, 7) is 0. The van der Waals surface area contributed by atoms with Gasteiger partial charge in [0.1, 0.15) is 11.2 Å². The van der Waals surface area contributed by atoms with Gasteiger partial charge in [-0.2, -0.15) is 0 Å². The van der Waals surface area contributed by atoms with E-state index >= 15 is 0 Å². The fraction of sp³-hybridized carbons (Fsp3) is 0. The Hall–Kier alpha value is -6.84. The van der Waals surface area contributed by atoms with Crippen molar-refractivity contribution in [3.8, 4) is 27.9 Å². The fourth-order valence-corrected chi connectivity index (χ4v) is 7.82. The molecule has 3 nitrogen and oxygen atoms in total. The number of anilines is 3. The molecule has 0 atom stereocenters. The van der Waals surface area contributed by atoms with Crippen molar-refractivity contribution >= 4 is 60.8 Å². The van der Waals surface area contributed by atoms with E-state index in [2.05, 4.69) is 191 Å². The van der Waals surface area contributed by atoms with Crippen LogP contribution >= 0.6 is 0 Å². The average molecular weight is 653 g/mol. The Bertz CT molecular complexity index is 2830. The molecule has 0 saturated heterocycles. The molecule has 0 bridgehead atoms. The molecule has 0 radical (unpaired) electrons. The molecule has 8 aromatic carbocycles. The van der Waals surface area contributed by atoms with Gasteiger partial charge in [-0.05, 0) is 48.5 Å². The topological polar surface area (TPSA) is 21.3 Å². The number of rotatable bonds is 6. The van der Waals surface area contributed by atoms with Crippen LogP contribution in [0.2, 0.25) is 0 Å². The first-order valence-corrected chi connectivity index (χ1v) is 17.4. The maximum atomic E-state index is 6.58. The Morgan fingerprint density at radius 1 is 0.353 bits per heavy atom. The van der Waals surface area contributed by atoms with E-state index in [1.54, 1.807) is 0 Å². The van der Waals surface area contributed by atoms with Crippen LogP contribution in [0.4, 0.5) is 17.1 Å². The molecule has 0 unspecified atom stereocenters. The molecular formula is C48H32N2O. The molecule has 3 heteroatoms. The number of hydrogen-bond donors (Lipinski definition) is 0. The van der Waals surface area contributed by atoms with E-state index < -0.39 is 0 Å². The third-order valence-electron chi connectivity index (χ3n) is 10.0. The summed E-state index contributed by atoms with van der Waals surface area (Å²) in [5.41, 5.74) is 13.0. The molecular weight excluding hydrogens is 621 g/mol. The van der Waals surface area contributed by atoms with E-state index in [0.717, 1.165) is 66.9 Å². The number of nitrogens with zero attached hydrogens (tertiary/aromatic N) is 2. The summed E-state index contributed by atoms with van der Waals surface area (Å²) in [4.78, 5) is 2.40. The Labute approximate surface area is 295 Å². The number of furan rings is 1. The lowest BCUT2D eigenvalue weighted by atomic mass is 9.97. The Balaban J connectivity index is 1.23. The summed E-state index contributed by atoms with van der Waals surface area (Å²) < 4.78 is 9.00. The van der Waals surface area contributed by atoms with Crippen molar-refractivity contribution in [2.45, 2.75) is 0 Å². The molecule has 0 aliphatic rings. The molecule has 0 aliphatic heterocycles. The van der Waals surface area contributed by atoms with Crippen LogP contribution in [-0.4, -0.2) is 4.57 Å². The number of hydrogen-bond acceptors (Lipinski definition) is 2. The summed E-state index contributed by atoms with van der Waals surface area (Å²) in [7, 11) is 0. The molecule has 0 spiro atoms. The molecule has 0 aliphatic carbocycles. The molecule has 0 amide bonds. The van der Waals surface area contributed by atoms with Gasteiger partial charge in [-0.15, -0.1) is 0 Å². The van der Waals surface area contributed by atoms with Crippen LogP contribution in [0.15, 0.2) is 199 Å². The number of fused-ring (bicyclic) bond motifs is 6. The maximum Gasteiger partial charge on any atom is 0.143 e. The van der Waals surface area contributed by atoms with Gasteiger partial charge in [0.25, 0.3) is 0 Å². The van der Waals surface area contributed by atoms with Crippen LogP contribution in [0.3, 0.4) is 0 Å². The molecule has 2 heterocycles. The quantitative estimate of drug-likeness (QED) is 0.178. The summed E-state index contributed by atoms with van der Waals surface area (Å²) >= 11 is 0. The van der Waals surface area contributed by atoms with Crippen molar-refractivity contribution in [1.29, 1.82) is 0 Å². The highest BCUT2D eigenvalue weighted by Crippen LogP contribution is 2.47. The van der Waals surface area contributed by atoms with Crippen LogP contribution in [0.1, 0.15) is 0 Å². The first-order chi connectivity index (χ1) is 25.3. The van der Waals surface area contributed by atoms with Crippen LogP contribution in [-0.2, 0) is 0 Å². The molecule has 2 aromatic heterocycles. The van der Waals surface area contributed by atoms with E-state index in [4.69, 9.17) is 4.42 Å². The van der Waals surface area contributed by atoms with Crippen LogP contribution in [0.5, 0.6) is 0 Å².